The van der Waals surface area contributed by atoms with Crippen molar-refractivity contribution in [2.24, 2.45) is 0 Å². The van der Waals surface area contributed by atoms with Crippen LogP contribution in [0.3, 0.4) is 0 Å². The van der Waals surface area contributed by atoms with Gasteiger partial charge in [0.25, 0.3) is 0 Å². The van der Waals surface area contributed by atoms with Gasteiger partial charge in [0.1, 0.15) is 12.1 Å². The molecule has 0 aliphatic carbocycles. The lowest BCUT2D eigenvalue weighted by atomic mass is 10.3. The molecule has 12 heavy (non-hydrogen) atoms. The van der Waals surface area contributed by atoms with Gasteiger partial charge < -0.3 is 9.52 Å². The maximum absolute atomic E-state index is 8.75. The van der Waals surface area contributed by atoms with Crippen molar-refractivity contribution in [2.45, 2.75) is 6.61 Å². The Labute approximate surface area is 82.5 Å². The molecule has 0 aliphatic heterocycles. The third-order valence-electron chi connectivity index (χ3n) is 1.53. The second-order valence-electron chi connectivity index (χ2n) is 2.38. The molecule has 2 aromatic rings. The van der Waals surface area contributed by atoms with Crippen molar-refractivity contribution in [3.8, 4) is 0 Å². The molecule has 0 bridgehead atoms. The molecule has 1 aromatic heterocycles. The number of aromatic nitrogens is 1. The molecular formula is C8H6INO2. The second-order valence-corrected chi connectivity index (χ2v) is 3.62. The van der Waals surface area contributed by atoms with Crippen LogP contribution in [-0.4, -0.2) is 10.1 Å². The van der Waals surface area contributed by atoms with Gasteiger partial charge in [0.2, 0.25) is 5.89 Å². The van der Waals surface area contributed by atoms with Gasteiger partial charge in [-0.1, -0.05) is 0 Å². The molecular weight excluding hydrogens is 269 g/mol. The fourth-order valence-electron chi connectivity index (χ4n) is 1.01. The van der Waals surface area contributed by atoms with Gasteiger partial charge in [-0.15, -0.1) is 0 Å². The first-order chi connectivity index (χ1) is 5.79. The highest BCUT2D eigenvalue weighted by Crippen LogP contribution is 2.18. The average Bonchev–Trinajstić information content (AvgIpc) is 2.46. The molecule has 0 amide bonds. The van der Waals surface area contributed by atoms with Crippen molar-refractivity contribution >= 4 is 33.7 Å². The third-order valence-corrected chi connectivity index (χ3v) is 2.20. The molecule has 0 aliphatic rings. The molecule has 1 aromatic carbocycles. The van der Waals surface area contributed by atoms with E-state index in [4.69, 9.17) is 9.52 Å². The Balaban J connectivity index is 2.67. The average molecular weight is 275 g/mol. The smallest absolute Gasteiger partial charge is 0.221 e. The summed E-state index contributed by atoms with van der Waals surface area (Å²) in [7, 11) is 0. The summed E-state index contributed by atoms with van der Waals surface area (Å²) >= 11 is 2.20. The summed E-state index contributed by atoms with van der Waals surface area (Å²) in [5.41, 5.74) is 1.52. The summed E-state index contributed by atoms with van der Waals surface area (Å²) in [5.74, 6) is 0.368. The van der Waals surface area contributed by atoms with E-state index in [1.54, 1.807) is 0 Å². The molecule has 3 nitrogen and oxygen atoms in total. The van der Waals surface area contributed by atoms with Gasteiger partial charge in [0.15, 0.2) is 5.58 Å². The Morgan fingerprint density at radius 1 is 1.50 bits per heavy atom. The maximum Gasteiger partial charge on any atom is 0.221 e. The van der Waals surface area contributed by atoms with Gasteiger partial charge in [-0.2, -0.15) is 0 Å². The normalized spacial score (nSPS) is 10.8. The Kier molecular flexibility index (Phi) is 2.02. The first-order valence-electron chi connectivity index (χ1n) is 3.45. The van der Waals surface area contributed by atoms with Crippen LogP contribution in [-0.2, 0) is 6.61 Å². The molecule has 2 rings (SSSR count). The summed E-state index contributed by atoms with van der Waals surface area (Å²) in [6, 6.07) is 5.72. The van der Waals surface area contributed by atoms with Gasteiger partial charge in [0, 0.05) is 3.57 Å². The van der Waals surface area contributed by atoms with Crippen molar-refractivity contribution in [3.63, 3.8) is 0 Å². The number of rotatable bonds is 1. The van der Waals surface area contributed by atoms with Crippen LogP contribution in [0.25, 0.3) is 11.1 Å². The van der Waals surface area contributed by atoms with E-state index in [-0.39, 0.29) is 6.61 Å². The number of hydrogen-bond donors (Lipinski definition) is 1. The van der Waals surface area contributed by atoms with Gasteiger partial charge in [-0.05, 0) is 40.8 Å². The highest BCUT2D eigenvalue weighted by molar-refractivity contribution is 14.1. The fourth-order valence-corrected chi connectivity index (χ4v) is 1.48. The standard InChI is InChI=1S/C8H6INO2/c9-5-1-2-6-7(3-5)12-8(4-11)10-6/h1-3,11H,4H2. The van der Waals surface area contributed by atoms with Crippen LogP contribution in [0.5, 0.6) is 0 Å². The number of aliphatic hydroxyl groups is 1. The topological polar surface area (TPSA) is 46.3 Å². The van der Waals surface area contributed by atoms with E-state index in [1.165, 1.54) is 0 Å². The lowest BCUT2D eigenvalue weighted by molar-refractivity contribution is 0.244. The van der Waals surface area contributed by atoms with Gasteiger partial charge in [-0.25, -0.2) is 4.98 Å². The zero-order valence-electron chi connectivity index (χ0n) is 6.12. The van der Waals surface area contributed by atoms with Gasteiger partial charge in [-0.3, -0.25) is 0 Å². The first-order valence-corrected chi connectivity index (χ1v) is 4.53. The second kappa shape index (κ2) is 3.02. The van der Waals surface area contributed by atoms with E-state index in [0.717, 1.165) is 14.7 Å². The van der Waals surface area contributed by atoms with Crippen molar-refractivity contribution in [3.05, 3.63) is 27.7 Å². The minimum atomic E-state index is -0.148. The van der Waals surface area contributed by atoms with Gasteiger partial charge >= 0.3 is 0 Å². The van der Waals surface area contributed by atoms with Crippen LogP contribution in [0.2, 0.25) is 0 Å². The predicted molar refractivity (Wildman–Crippen MR) is 52.6 cm³/mol. The third kappa shape index (κ3) is 1.32. The summed E-state index contributed by atoms with van der Waals surface area (Å²) in [4.78, 5) is 4.05. The van der Waals surface area contributed by atoms with E-state index in [2.05, 4.69) is 27.6 Å². The van der Waals surface area contributed by atoms with Crippen molar-refractivity contribution in [1.82, 2.24) is 4.98 Å². The Bertz CT molecular complexity index is 410. The van der Waals surface area contributed by atoms with E-state index < -0.39 is 0 Å². The van der Waals surface area contributed by atoms with E-state index >= 15 is 0 Å². The minimum Gasteiger partial charge on any atom is -0.438 e. The number of oxazole rings is 1. The molecule has 0 saturated carbocycles. The predicted octanol–water partition coefficient (Wildman–Crippen LogP) is 1.92. The number of halogens is 1. The first kappa shape index (κ1) is 8.00. The summed E-state index contributed by atoms with van der Waals surface area (Å²) in [5, 5.41) is 8.75. The Morgan fingerprint density at radius 3 is 3.08 bits per heavy atom. The lowest BCUT2D eigenvalue weighted by Gasteiger charge is -1.86. The van der Waals surface area contributed by atoms with Crippen molar-refractivity contribution in [1.29, 1.82) is 0 Å². The molecule has 0 saturated heterocycles. The summed E-state index contributed by atoms with van der Waals surface area (Å²) < 4.78 is 6.33. The molecule has 0 spiro atoms. The number of benzene rings is 1. The monoisotopic (exact) mass is 275 g/mol. The minimum absolute atomic E-state index is 0.148. The number of nitrogens with zero attached hydrogens (tertiary/aromatic N) is 1. The summed E-state index contributed by atoms with van der Waals surface area (Å²) in [6.07, 6.45) is 0. The van der Waals surface area contributed by atoms with E-state index in [1.807, 2.05) is 18.2 Å². The molecule has 0 unspecified atom stereocenters. The van der Waals surface area contributed by atoms with Crippen LogP contribution in [0, 0.1) is 3.57 Å². The van der Waals surface area contributed by atoms with Crippen LogP contribution in [0.1, 0.15) is 5.89 Å². The Hall–Kier alpha value is -0.620. The number of aliphatic hydroxyl groups excluding tert-OH is 1. The largest absolute Gasteiger partial charge is 0.438 e. The molecule has 0 radical (unpaired) electrons. The molecule has 4 heteroatoms. The van der Waals surface area contributed by atoms with Gasteiger partial charge in [0.05, 0.1) is 0 Å². The molecule has 1 N–H and O–H groups in total. The zero-order chi connectivity index (χ0) is 8.55. The molecule has 62 valence electrons. The highest BCUT2D eigenvalue weighted by Gasteiger charge is 2.03. The highest BCUT2D eigenvalue weighted by atomic mass is 127. The van der Waals surface area contributed by atoms with E-state index in [0.29, 0.717) is 5.89 Å². The lowest BCUT2D eigenvalue weighted by Crippen LogP contribution is -1.78. The maximum atomic E-state index is 8.75. The SMILES string of the molecule is OCc1nc2ccc(I)cc2o1. The zero-order valence-corrected chi connectivity index (χ0v) is 8.28. The fraction of sp³-hybridized carbons (Fsp3) is 0.125. The molecule has 0 atom stereocenters. The summed E-state index contributed by atoms with van der Waals surface area (Å²) in [6.45, 7) is -0.148. The van der Waals surface area contributed by atoms with Crippen LogP contribution >= 0.6 is 22.6 Å². The number of fused-ring (bicyclic) bond motifs is 1. The number of hydrogen-bond acceptors (Lipinski definition) is 3. The molecule has 0 fully saturated rings. The Morgan fingerprint density at radius 2 is 2.33 bits per heavy atom. The van der Waals surface area contributed by atoms with Crippen molar-refractivity contribution in [2.75, 3.05) is 0 Å². The molecule has 1 heterocycles. The van der Waals surface area contributed by atoms with Crippen LogP contribution in [0.15, 0.2) is 22.6 Å². The van der Waals surface area contributed by atoms with Crippen molar-refractivity contribution < 1.29 is 9.52 Å². The van der Waals surface area contributed by atoms with Crippen LogP contribution in [0.4, 0.5) is 0 Å². The van der Waals surface area contributed by atoms with Crippen LogP contribution < -0.4 is 0 Å². The quantitative estimate of drug-likeness (QED) is 0.809. The van der Waals surface area contributed by atoms with E-state index in [9.17, 15) is 0 Å².